The molecule has 5 nitrogen and oxygen atoms in total. The summed E-state index contributed by atoms with van der Waals surface area (Å²) in [5.41, 5.74) is 3.35. The van der Waals surface area contributed by atoms with Crippen molar-refractivity contribution in [1.82, 2.24) is 10.3 Å². The molecule has 2 heterocycles. The number of hydrogen-bond donors (Lipinski definition) is 2. The molecule has 0 spiro atoms. The summed E-state index contributed by atoms with van der Waals surface area (Å²) in [6, 6.07) is 12.6. The van der Waals surface area contributed by atoms with Gasteiger partial charge in [0.15, 0.2) is 5.11 Å². The summed E-state index contributed by atoms with van der Waals surface area (Å²) < 4.78 is 5.06. The lowest BCUT2D eigenvalue weighted by atomic mass is 9.98. The fourth-order valence-corrected chi connectivity index (χ4v) is 3.56. The summed E-state index contributed by atoms with van der Waals surface area (Å²) in [5, 5.41) is 7.05. The number of rotatable bonds is 5. The normalized spacial score (nSPS) is 15.9. The molecule has 1 aliphatic rings. The quantitative estimate of drug-likeness (QED) is 0.747. The lowest BCUT2D eigenvalue weighted by Gasteiger charge is -2.32. The first-order valence-corrected chi connectivity index (χ1v) is 9.88. The maximum absolute atomic E-state index is 5.42. The highest BCUT2D eigenvalue weighted by atomic mass is 32.1. The number of anilines is 2. The topological polar surface area (TPSA) is 49.4 Å². The van der Waals surface area contributed by atoms with Crippen LogP contribution in [-0.2, 0) is 0 Å². The number of piperidine rings is 1. The minimum atomic E-state index is 0.117. The zero-order valence-electron chi connectivity index (χ0n) is 16.2. The lowest BCUT2D eigenvalue weighted by molar-refractivity contribution is 0.398. The van der Waals surface area contributed by atoms with Gasteiger partial charge >= 0.3 is 0 Å². The molecule has 3 rings (SSSR count). The minimum absolute atomic E-state index is 0.117. The average Bonchev–Trinajstić information content (AvgIpc) is 2.69. The summed E-state index contributed by atoms with van der Waals surface area (Å²) >= 11 is 5.42. The molecule has 1 atom stereocenters. The van der Waals surface area contributed by atoms with E-state index in [1.165, 1.54) is 24.1 Å². The Morgan fingerprint density at radius 2 is 1.89 bits per heavy atom. The van der Waals surface area contributed by atoms with E-state index in [-0.39, 0.29) is 6.04 Å². The van der Waals surface area contributed by atoms with Crippen LogP contribution in [0.4, 0.5) is 11.4 Å². The molecule has 27 heavy (non-hydrogen) atoms. The third-order valence-corrected chi connectivity index (χ3v) is 5.31. The van der Waals surface area contributed by atoms with Crippen molar-refractivity contribution >= 4 is 28.7 Å². The second-order valence-corrected chi connectivity index (χ2v) is 7.58. The van der Waals surface area contributed by atoms with Gasteiger partial charge in [0, 0.05) is 24.8 Å². The van der Waals surface area contributed by atoms with E-state index in [2.05, 4.69) is 58.6 Å². The van der Waals surface area contributed by atoms with Crippen molar-refractivity contribution in [2.24, 2.45) is 5.92 Å². The third-order valence-electron chi connectivity index (χ3n) is 5.09. The van der Waals surface area contributed by atoms with Crippen LogP contribution < -0.4 is 20.3 Å². The van der Waals surface area contributed by atoms with Crippen LogP contribution in [0.25, 0.3) is 0 Å². The van der Waals surface area contributed by atoms with E-state index in [1.54, 1.807) is 19.4 Å². The van der Waals surface area contributed by atoms with Crippen LogP contribution in [0.1, 0.15) is 38.3 Å². The van der Waals surface area contributed by atoms with Gasteiger partial charge in [-0.1, -0.05) is 19.1 Å². The van der Waals surface area contributed by atoms with E-state index in [0.717, 1.165) is 24.7 Å². The molecule has 0 bridgehead atoms. The average molecular weight is 385 g/mol. The Kier molecular flexibility index (Phi) is 6.50. The van der Waals surface area contributed by atoms with Crippen LogP contribution in [0.15, 0.2) is 42.6 Å². The van der Waals surface area contributed by atoms with E-state index in [9.17, 15) is 0 Å². The monoisotopic (exact) mass is 384 g/mol. The fraction of sp³-hybridized carbons (Fsp3) is 0.429. The maximum atomic E-state index is 5.42. The number of hydrogen-bond acceptors (Lipinski definition) is 4. The lowest BCUT2D eigenvalue weighted by Crippen LogP contribution is -2.33. The molecular weight excluding hydrogens is 356 g/mol. The number of aromatic nitrogens is 1. The first kappa shape index (κ1) is 19.4. The molecule has 1 aromatic heterocycles. The molecule has 0 aliphatic carbocycles. The molecule has 1 fully saturated rings. The van der Waals surface area contributed by atoms with Crippen molar-refractivity contribution in [2.45, 2.75) is 32.7 Å². The van der Waals surface area contributed by atoms with Crippen molar-refractivity contribution in [3.05, 3.63) is 48.2 Å². The van der Waals surface area contributed by atoms with E-state index < -0.39 is 0 Å². The molecule has 0 amide bonds. The first-order valence-electron chi connectivity index (χ1n) is 9.47. The van der Waals surface area contributed by atoms with Crippen LogP contribution >= 0.6 is 12.2 Å². The van der Waals surface area contributed by atoms with Gasteiger partial charge < -0.3 is 20.3 Å². The Hall–Kier alpha value is -2.34. The molecule has 1 aliphatic heterocycles. The van der Waals surface area contributed by atoms with Gasteiger partial charge in [0.25, 0.3) is 0 Å². The summed E-state index contributed by atoms with van der Waals surface area (Å²) in [7, 11) is 1.60. The summed E-state index contributed by atoms with van der Waals surface area (Å²) in [4.78, 5) is 6.65. The largest absolute Gasteiger partial charge is 0.481 e. The molecule has 1 unspecified atom stereocenters. The molecule has 0 radical (unpaired) electrons. The zero-order chi connectivity index (χ0) is 19.2. The highest BCUT2D eigenvalue weighted by molar-refractivity contribution is 7.80. The number of nitrogens with zero attached hydrogens (tertiary/aromatic N) is 2. The predicted molar refractivity (Wildman–Crippen MR) is 116 cm³/mol. The first-order chi connectivity index (χ1) is 13.0. The number of pyridine rings is 1. The molecule has 2 N–H and O–H groups in total. The van der Waals surface area contributed by atoms with Crippen molar-refractivity contribution in [1.29, 1.82) is 0 Å². The van der Waals surface area contributed by atoms with Crippen LogP contribution in [0, 0.1) is 5.92 Å². The van der Waals surface area contributed by atoms with E-state index in [4.69, 9.17) is 17.0 Å². The Morgan fingerprint density at radius 1 is 1.19 bits per heavy atom. The van der Waals surface area contributed by atoms with Crippen LogP contribution in [0.5, 0.6) is 5.88 Å². The standard InChI is InChI=1S/C21H28N4OS/c1-15-10-12-25(13-11-15)19-7-4-17(5-8-19)16(2)23-21(27)24-18-6-9-20(26-3)22-14-18/h4-9,14-16H,10-13H2,1-3H3,(H2,23,24,27). The van der Waals surface area contributed by atoms with E-state index in [0.29, 0.717) is 11.0 Å². The molecule has 1 aromatic carbocycles. The van der Waals surface area contributed by atoms with Crippen LogP contribution in [0.2, 0.25) is 0 Å². The molecule has 0 saturated carbocycles. The van der Waals surface area contributed by atoms with Gasteiger partial charge in [-0.2, -0.15) is 0 Å². The smallest absolute Gasteiger partial charge is 0.213 e. The van der Waals surface area contributed by atoms with Gasteiger partial charge in [0.05, 0.1) is 25.0 Å². The number of nitrogens with one attached hydrogen (secondary N) is 2. The third kappa shape index (κ3) is 5.32. The van der Waals surface area contributed by atoms with Crippen molar-refractivity contribution in [2.75, 3.05) is 30.4 Å². The molecule has 1 saturated heterocycles. The number of thiocarbonyl (C=S) groups is 1. The summed E-state index contributed by atoms with van der Waals surface area (Å²) in [6.45, 7) is 6.75. The summed E-state index contributed by atoms with van der Waals surface area (Å²) in [5.74, 6) is 1.43. The van der Waals surface area contributed by atoms with Crippen LogP contribution in [-0.4, -0.2) is 30.3 Å². The Bertz CT molecular complexity index is 740. The van der Waals surface area contributed by atoms with Crippen molar-refractivity contribution in [3.8, 4) is 5.88 Å². The van der Waals surface area contributed by atoms with E-state index >= 15 is 0 Å². The van der Waals surface area contributed by atoms with Gasteiger partial charge in [0.2, 0.25) is 5.88 Å². The predicted octanol–water partition coefficient (Wildman–Crippen LogP) is 4.37. The SMILES string of the molecule is COc1ccc(NC(=S)NC(C)c2ccc(N3CCC(C)CC3)cc2)cn1. The minimum Gasteiger partial charge on any atom is -0.481 e. The molecule has 144 valence electrons. The second kappa shape index (κ2) is 9.04. The van der Waals surface area contributed by atoms with Gasteiger partial charge in [-0.15, -0.1) is 0 Å². The fourth-order valence-electron chi connectivity index (χ4n) is 3.26. The Morgan fingerprint density at radius 3 is 2.48 bits per heavy atom. The van der Waals surface area contributed by atoms with Crippen molar-refractivity contribution in [3.63, 3.8) is 0 Å². The Labute approximate surface area is 167 Å². The number of benzene rings is 1. The van der Waals surface area contributed by atoms with Gasteiger partial charge in [-0.05, 0) is 61.7 Å². The highest BCUT2D eigenvalue weighted by Crippen LogP contribution is 2.24. The van der Waals surface area contributed by atoms with E-state index in [1.807, 2.05) is 6.07 Å². The van der Waals surface area contributed by atoms with Gasteiger partial charge in [-0.3, -0.25) is 0 Å². The number of ether oxygens (including phenoxy) is 1. The number of methoxy groups -OCH3 is 1. The highest BCUT2D eigenvalue weighted by Gasteiger charge is 2.16. The van der Waals surface area contributed by atoms with Crippen molar-refractivity contribution < 1.29 is 4.74 Å². The zero-order valence-corrected chi connectivity index (χ0v) is 17.1. The molecule has 6 heteroatoms. The van der Waals surface area contributed by atoms with Gasteiger partial charge in [0.1, 0.15) is 0 Å². The van der Waals surface area contributed by atoms with Crippen LogP contribution in [0.3, 0.4) is 0 Å². The Balaban J connectivity index is 1.53. The molecular formula is C21H28N4OS. The maximum Gasteiger partial charge on any atom is 0.213 e. The van der Waals surface area contributed by atoms with Gasteiger partial charge in [-0.25, -0.2) is 4.98 Å². The second-order valence-electron chi connectivity index (χ2n) is 7.17. The summed E-state index contributed by atoms with van der Waals surface area (Å²) in [6.07, 6.45) is 4.26. The molecule has 2 aromatic rings.